The molecule has 0 saturated carbocycles. The summed E-state index contributed by atoms with van der Waals surface area (Å²) in [5.74, 6) is -0.330. The van der Waals surface area contributed by atoms with Crippen molar-refractivity contribution in [1.29, 1.82) is 0 Å². The van der Waals surface area contributed by atoms with E-state index in [0.717, 1.165) is 11.3 Å². The van der Waals surface area contributed by atoms with Crippen LogP contribution < -0.4 is 10.0 Å². The number of carbonyl (C=O) groups excluding carboxylic acids is 1. The fraction of sp³-hybridized carbons (Fsp3) is 0.625. The molecule has 0 radical (unpaired) electrons. The number of sulfonamides is 1. The molecule has 0 aromatic carbocycles. The zero-order valence-electron chi connectivity index (χ0n) is 10.0. The number of anilines is 1. The van der Waals surface area contributed by atoms with Crippen LogP contribution in [0, 0.1) is 0 Å². The Balaban J connectivity index is 2.92. The Labute approximate surface area is 118 Å². The van der Waals surface area contributed by atoms with Gasteiger partial charge in [0.2, 0.25) is 15.4 Å². The lowest BCUT2D eigenvalue weighted by Crippen LogP contribution is -2.44. The Morgan fingerprint density at radius 2 is 2.06 bits per heavy atom. The fourth-order valence-electron chi connectivity index (χ4n) is 0.954. The van der Waals surface area contributed by atoms with Gasteiger partial charge < -0.3 is 5.32 Å². The number of carbonyl (C=O) groups is 1. The average Bonchev–Trinajstić information content (AvgIpc) is 2.64. The van der Waals surface area contributed by atoms with Gasteiger partial charge in [0.1, 0.15) is 0 Å². The van der Waals surface area contributed by atoms with E-state index in [-0.39, 0.29) is 15.4 Å². The van der Waals surface area contributed by atoms with Crippen molar-refractivity contribution >= 4 is 48.3 Å². The first-order valence-corrected chi connectivity index (χ1v) is 8.29. The summed E-state index contributed by atoms with van der Waals surface area (Å²) < 4.78 is 26.2. The molecule has 0 saturated heterocycles. The standard InChI is InChI=1S/C8H13BrN4O3S2/c1-5(14)10-6-11-12-7(17-6)18(15,16)13-8(2,3)4-9/h13H,4H2,1-3H3,(H,10,11,14). The molecule has 0 spiro atoms. The van der Waals surface area contributed by atoms with Gasteiger partial charge in [0.25, 0.3) is 10.0 Å². The van der Waals surface area contributed by atoms with Gasteiger partial charge in [0.05, 0.1) is 0 Å². The summed E-state index contributed by atoms with van der Waals surface area (Å²) in [4.78, 5) is 10.8. The molecule has 0 aliphatic heterocycles. The van der Waals surface area contributed by atoms with Crippen molar-refractivity contribution in [3.8, 4) is 0 Å². The van der Waals surface area contributed by atoms with E-state index in [4.69, 9.17) is 0 Å². The van der Waals surface area contributed by atoms with E-state index in [1.54, 1.807) is 13.8 Å². The minimum Gasteiger partial charge on any atom is -0.301 e. The van der Waals surface area contributed by atoms with Gasteiger partial charge >= 0.3 is 0 Å². The minimum absolute atomic E-state index is 0.152. The molecule has 7 nitrogen and oxygen atoms in total. The van der Waals surface area contributed by atoms with Gasteiger partial charge in [-0.05, 0) is 13.8 Å². The SMILES string of the molecule is CC(=O)Nc1nnc(S(=O)(=O)NC(C)(C)CBr)s1. The number of rotatable bonds is 5. The lowest BCUT2D eigenvalue weighted by Gasteiger charge is -2.21. The number of hydrogen-bond donors (Lipinski definition) is 2. The lowest BCUT2D eigenvalue weighted by atomic mass is 10.1. The topological polar surface area (TPSA) is 101 Å². The zero-order chi connectivity index (χ0) is 14.0. The summed E-state index contributed by atoms with van der Waals surface area (Å²) in [6, 6.07) is 0. The molecular formula is C8H13BrN4O3S2. The maximum atomic E-state index is 12.0. The van der Waals surface area contributed by atoms with Crippen molar-refractivity contribution in [3.63, 3.8) is 0 Å². The number of amides is 1. The summed E-state index contributed by atoms with van der Waals surface area (Å²) in [5.41, 5.74) is -0.640. The Kier molecular flexibility index (Phi) is 4.81. The second-order valence-electron chi connectivity index (χ2n) is 4.18. The number of nitrogens with one attached hydrogen (secondary N) is 2. The summed E-state index contributed by atoms with van der Waals surface area (Å²) in [6.07, 6.45) is 0. The molecule has 0 atom stereocenters. The molecule has 0 aliphatic carbocycles. The van der Waals surface area contributed by atoms with Crippen LogP contribution in [0.4, 0.5) is 5.13 Å². The third kappa shape index (κ3) is 4.26. The quantitative estimate of drug-likeness (QED) is 0.604. The van der Waals surface area contributed by atoms with Gasteiger partial charge in [-0.15, -0.1) is 10.2 Å². The van der Waals surface area contributed by atoms with E-state index >= 15 is 0 Å². The monoisotopic (exact) mass is 356 g/mol. The number of halogens is 1. The van der Waals surface area contributed by atoms with E-state index < -0.39 is 15.6 Å². The molecule has 0 unspecified atom stereocenters. The number of nitrogens with zero attached hydrogens (tertiary/aromatic N) is 2. The maximum Gasteiger partial charge on any atom is 0.270 e. The lowest BCUT2D eigenvalue weighted by molar-refractivity contribution is -0.114. The van der Waals surface area contributed by atoms with Crippen molar-refractivity contribution in [2.24, 2.45) is 0 Å². The molecule has 1 aromatic heterocycles. The first-order chi connectivity index (χ1) is 8.16. The molecule has 1 amide bonds. The van der Waals surface area contributed by atoms with E-state index in [0.29, 0.717) is 5.33 Å². The third-order valence-electron chi connectivity index (χ3n) is 1.66. The van der Waals surface area contributed by atoms with Crippen LogP contribution in [-0.2, 0) is 14.8 Å². The highest BCUT2D eigenvalue weighted by molar-refractivity contribution is 9.09. The minimum atomic E-state index is -3.73. The van der Waals surface area contributed by atoms with E-state index in [1.807, 2.05) is 0 Å². The molecule has 0 aliphatic rings. The smallest absolute Gasteiger partial charge is 0.270 e. The molecule has 0 fully saturated rings. The highest BCUT2D eigenvalue weighted by Gasteiger charge is 2.28. The normalized spacial score (nSPS) is 12.4. The molecule has 10 heteroatoms. The third-order valence-corrected chi connectivity index (χ3v) is 5.97. The van der Waals surface area contributed by atoms with Crippen molar-refractivity contribution in [2.45, 2.75) is 30.6 Å². The van der Waals surface area contributed by atoms with Crippen LogP contribution >= 0.6 is 27.3 Å². The number of aromatic nitrogens is 2. The first-order valence-electron chi connectivity index (χ1n) is 4.87. The van der Waals surface area contributed by atoms with Crippen LogP contribution in [0.5, 0.6) is 0 Å². The van der Waals surface area contributed by atoms with Crippen LogP contribution in [0.15, 0.2) is 4.34 Å². The number of hydrogen-bond acceptors (Lipinski definition) is 6. The Hall–Kier alpha value is -0.580. The van der Waals surface area contributed by atoms with Crippen LogP contribution in [0.2, 0.25) is 0 Å². The fourth-order valence-corrected chi connectivity index (χ4v) is 3.64. The second-order valence-corrected chi connectivity index (χ2v) is 7.57. The maximum absolute atomic E-state index is 12.0. The molecule has 1 heterocycles. The largest absolute Gasteiger partial charge is 0.301 e. The number of alkyl halides is 1. The molecule has 2 N–H and O–H groups in total. The van der Waals surface area contributed by atoms with E-state index in [1.165, 1.54) is 6.92 Å². The molecule has 102 valence electrons. The summed E-state index contributed by atoms with van der Waals surface area (Å²) >= 11 is 4.02. The van der Waals surface area contributed by atoms with Gasteiger partial charge in [-0.1, -0.05) is 27.3 Å². The van der Waals surface area contributed by atoms with Crippen molar-refractivity contribution in [2.75, 3.05) is 10.6 Å². The Morgan fingerprint density at radius 3 is 2.56 bits per heavy atom. The van der Waals surface area contributed by atoms with Gasteiger partial charge in [-0.3, -0.25) is 4.79 Å². The van der Waals surface area contributed by atoms with Crippen LogP contribution in [-0.4, -0.2) is 35.4 Å². The van der Waals surface area contributed by atoms with Gasteiger partial charge in [-0.25, -0.2) is 13.1 Å². The molecule has 1 aromatic rings. The summed E-state index contributed by atoms with van der Waals surface area (Å²) in [7, 11) is -3.73. The van der Waals surface area contributed by atoms with Crippen LogP contribution in [0.1, 0.15) is 20.8 Å². The van der Waals surface area contributed by atoms with Crippen molar-refractivity contribution in [3.05, 3.63) is 0 Å². The second kappa shape index (κ2) is 5.59. The van der Waals surface area contributed by atoms with E-state index in [9.17, 15) is 13.2 Å². The van der Waals surface area contributed by atoms with Gasteiger partial charge in [-0.2, -0.15) is 0 Å². The zero-order valence-corrected chi connectivity index (χ0v) is 13.2. The summed E-state index contributed by atoms with van der Waals surface area (Å²) in [6.45, 7) is 4.77. The van der Waals surface area contributed by atoms with Gasteiger partial charge in [0.15, 0.2) is 0 Å². The predicted molar refractivity (Wildman–Crippen MR) is 72.4 cm³/mol. The Bertz CT molecular complexity index is 540. The first kappa shape index (κ1) is 15.5. The predicted octanol–water partition coefficient (Wildman–Crippen LogP) is 0.948. The van der Waals surface area contributed by atoms with E-state index in [2.05, 4.69) is 36.2 Å². The highest BCUT2D eigenvalue weighted by Crippen LogP contribution is 2.21. The highest BCUT2D eigenvalue weighted by atomic mass is 79.9. The van der Waals surface area contributed by atoms with Crippen LogP contribution in [0.3, 0.4) is 0 Å². The molecule has 0 bridgehead atoms. The van der Waals surface area contributed by atoms with Crippen LogP contribution in [0.25, 0.3) is 0 Å². The molecular weight excluding hydrogens is 344 g/mol. The van der Waals surface area contributed by atoms with Crippen molar-refractivity contribution in [1.82, 2.24) is 14.9 Å². The van der Waals surface area contributed by atoms with Gasteiger partial charge in [0, 0.05) is 17.8 Å². The van der Waals surface area contributed by atoms with Crippen molar-refractivity contribution < 1.29 is 13.2 Å². The average molecular weight is 357 g/mol. The Morgan fingerprint density at radius 1 is 1.44 bits per heavy atom. The molecule has 1 rings (SSSR count). The molecule has 18 heavy (non-hydrogen) atoms. The summed E-state index contributed by atoms with van der Waals surface area (Å²) in [5, 5.41) is 10.1.